The van der Waals surface area contributed by atoms with E-state index in [1.807, 2.05) is 12.1 Å². The van der Waals surface area contributed by atoms with Crippen molar-refractivity contribution in [1.29, 1.82) is 0 Å². The molecule has 0 radical (unpaired) electrons. The SMILES string of the molecule is C=C/C(Cl)=C\C(=C)c1onc(-c2ccc(C(C)(C)C)cc2)c1C(O)c1cccnc1. The monoisotopic (exact) mass is 420 g/mol. The topological polar surface area (TPSA) is 59.2 Å². The molecule has 0 saturated carbocycles. The molecular formula is C25H25ClN2O2. The zero-order valence-electron chi connectivity index (χ0n) is 17.4. The third-order valence-corrected chi connectivity index (χ3v) is 5.09. The van der Waals surface area contributed by atoms with Crippen LogP contribution in [0.4, 0.5) is 0 Å². The van der Waals surface area contributed by atoms with Crippen molar-refractivity contribution in [2.45, 2.75) is 32.3 Å². The van der Waals surface area contributed by atoms with Crippen LogP contribution >= 0.6 is 11.6 Å². The Morgan fingerprint density at radius 2 is 1.90 bits per heavy atom. The predicted molar refractivity (Wildman–Crippen MR) is 122 cm³/mol. The van der Waals surface area contributed by atoms with E-state index in [0.29, 0.717) is 33.2 Å². The van der Waals surface area contributed by atoms with Crippen molar-refractivity contribution in [2.75, 3.05) is 0 Å². The molecule has 0 bridgehead atoms. The maximum Gasteiger partial charge on any atom is 0.173 e. The number of benzene rings is 1. The van der Waals surface area contributed by atoms with E-state index >= 15 is 0 Å². The third kappa shape index (κ3) is 4.61. The number of aliphatic hydroxyl groups excluding tert-OH is 1. The summed E-state index contributed by atoms with van der Waals surface area (Å²) in [5, 5.41) is 15.8. The zero-order valence-corrected chi connectivity index (χ0v) is 18.1. The molecule has 30 heavy (non-hydrogen) atoms. The van der Waals surface area contributed by atoms with Gasteiger partial charge in [0.05, 0.1) is 5.56 Å². The van der Waals surface area contributed by atoms with Crippen LogP contribution < -0.4 is 0 Å². The number of nitrogens with zero attached hydrogens (tertiary/aromatic N) is 2. The molecule has 1 unspecified atom stereocenters. The van der Waals surface area contributed by atoms with E-state index in [9.17, 15) is 5.11 Å². The second-order valence-corrected chi connectivity index (χ2v) is 8.49. The lowest BCUT2D eigenvalue weighted by Crippen LogP contribution is -2.10. The molecule has 1 aromatic carbocycles. The van der Waals surface area contributed by atoms with Gasteiger partial charge in [-0.2, -0.15) is 0 Å². The Morgan fingerprint density at radius 3 is 2.47 bits per heavy atom. The lowest BCUT2D eigenvalue weighted by atomic mass is 9.86. The maximum absolute atomic E-state index is 11.2. The normalized spacial score (nSPS) is 13.2. The van der Waals surface area contributed by atoms with Gasteiger partial charge in [0.1, 0.15) is 11.8 Å². The van der Waals surface area contributed by atoms with Gasteiger partial charge in [0.15, 0.2) is 5.76 Å². The van der Waals surface area contributed by atoms with Crippen LogP contribution in [0.15, 0.2) is 83.7 Å². The van der Waals surface area contributed by atoms with Gasteiger partial charge in [-0.25, -0.2) is 0 Å². The van der Waals surface area contributed by atoms with E-state index in [1.165, 1.54) is 11.6 Å². The van der Waals surface area contributed by atoms with Crippen LogP contribution in [0, 0.1) is 0 Å². The largest absolute Gasteiger partial charge is 0.383 e. The van der Waals surface area contributed by atoms with Crippen molar-refractivity contribution in [3.05, 3.63) is 102 Å². The number of pyridine rings is 1. The highest BCUT2D eigenvalue weighted by atomic mass is 35.5. The molecular weight excluding hydrogens is 396 g/mol. The molecule has 2 heterocycles. The Labute approximate surface area is 182 Å². The fourth-order valence-corrected chi connectivity index (χ4v) is 3.25. The van der Waals surface area contributed by atoms with Crippen LogP contribution in [-0.2, 0) is 5.41 Å². The number of aromatic nitrogens is 2. The molecule has 0 aliphatic carbocycles. The van der Waals surface area contributed by atoms with Gasteiger partial charge in [-0.05, 0) is 23.1 Å². The summed E-state index contributed by atoms with van der Waals surface area (Å²) >= 11 is 6.09. The van der Waals surface area contributed by atoms with Gasteiger partial charge in [0.25, 0.3) is 0 Å². The highest BCUT2D eigenvalue weighted by Gasteiger charge is 2.27. The molecule has 3 rings (SSSR count). The summed E-state index contributed by atoms with van der Waals surface area (Å²) < 4.78 is 5.63. The van der Waals surface area contributed by atoms with E-state index in [-0.39, 0.29) is 5.41 Å². The molecule has 0 aliphatic heterocycles. The number of hydrogen-bond acceptors (Lipinski definition) is 4. The van der Waals surface area contributed by atoms with Crippen molar-refractivity contribution in [1.82, 2.24) is 10.1 Å². The first kappa shape index (κ1) is 21.8. The summed E-state index contributed by atoms with van der Waals surface area (Å²) in [5.74, 6) is 0.362. The zero-order chi connectivity index (χ0) is 21.9. The van der Waals surface area contributed by atoms with Crippen molar-refractivity contribution in [3.63, 3.8) is 0 Å². The number of allylic oxidation sites excluding steroid dienone is 4. The van der Waals surface area contributed by atoms with Crippen molar-refractivity contribution in [2.24, 2.45) is 0 Å². The smallest absolute Gasteiger partial charge is 0.173 e. The minimum Gasteiger partial charge on any atom is -0.383 e. The number of rotatable bonds is 6. The van der Waals surface area contributed by atoms with Crippen LogP contribution in [0.25, 0.3) is 16.8 Å². The third-order valence-electron chi connectivity index (χ3n) is 4.82. The van der Waals surface area contributed by atoms with Gasteiger partial charge in [-0.15, -0.1) is 0 Å². The average Bonchev–Trinajstić information content (AvgIpc) is 3.18. The summed E-state index contributed by atoms with van der Waals surface area (Å²) in [4.78, 5) is 4.11. The molecule has 154 valence electrons. The van der Waals surface area contributed by atoms with Crippen LogP contribution in [0.5, 0.6) is 0 Å². The van der Waals surface area contributed by atoms with Crippen molar-refractivity contribution >= 4 is 17.2 Å². The molecule has 2 aromatic heterocycles. The summed E-state index contributed by atoms with van der Waals surface area (Å²) in [6, 6.07) is 11.7. The number of aliphatic hydroxyl groups is 1. The molecule has 0 saturated heterocycles. The van der Waals surface area contributed by atoms with Crippen LogP contribution in [0.3, 0.4) is 0 Å². The van der Waals surface area contributed by atoms with Gasteiger partial charge >= 0.3 is 0 Å². The molecule has 1 N–H and O–H groups in total. The number of hydrogen-bond donors (Lipinski definition) is 1. The minimum atomic E-state index is -0.995. The van der Waals surface area contributed by atoms with E-state index in [4.69, 9.17) is 16.1 Å². The second-order valence-electron chi connectivity index (χ2n) is 8.05. The van der Waals surface area contributed by atoms with Crippen molar-refractivity contribution < 1.29 is 9.63 Å². The van der Waals surface area contributed by atoms with Crippen LogP contribution in [0.2, 0.25) is 0 Å². The standard InChI is InChI=1S/C25H25ClN2O2/c1-6-20(26)14-16(2)24-21(23(29)18-8-7-13-27-15-18)22(28-30-24)17-9-11-19(12-10-17)25(3,4)5/h6-15,23,29H,1-2H2,3-5H3/b20-14+. The predicted octanol–water partition coefficient (Wildman–Crippen LogP) is 6.44. The fourth-order valence-electron chi connectivity index (χ4n) is 3.11. The van der Waals surface area contributed by atoms with E-state index in [2.05, 4.69) is 56.2 Å². The molecule has 0 fully saturated rings. The molecule has 0 aliphatic rings. The first-order valence-corrected chi connectivity index (χ1v) is 9.97. The molecule has 3 aromatic rings. The summed E-state index contributed by atoms with van der Waals surface area (Å²) in [7, 11) is 0. The average molecular weight is 421 g/mol. The summed E-state index contributed by atoms with van der Waals surface area (Å²) in [5.41, 5.74) is 4.25. The lowest BCUT2D eigenvalue weighted by molar-refractivity contribution is 0.218. The van der Waals surface area contributed by atoms with Gasteiger partial charge in [0, 0.05) is 34.1 Å². The van der Waals surface area contributed by atoms with Crippen LogP contribution in [0.1, 0.15) is 49.3 Å². The molecule has 4 nitrogen and oxygen atoms in total. The minimum absolute atomic E-state index is 0.0338. The Bertz CT molecular complexity index is 1070. The van der Waals surface area contributed by atoms with E-state index < -0.39 is 6.10 Å². The Kier molecular flexibility index (Phi) is 6.40. The van der Waals surface area contributed by atoms with Crippen molar-refractivity contribution in [3.8, 4) is 11.3 Å². The molecule has 5 heteroatoms. The molecule has 0 amide bonds. The number of halogens is 1. The van der Waals surface area contributed by atoms with Gasteiger partial charge < -0.3 is 9.63 Å². The Balaban J connectivity index is 2.14. The Morgan fingerprint density at radius 1 is 1.20 bits per heavy atom. The highest BCUT2D eigenvalue weighted by Crippen LogP contribution is 2.38. The highest BCUT2D eigenvalue weighted by molar-refractivity contribution is 6.31. The van der Waals surface area contributed by atoms with Crippen LogP contribution in [-0.4, -0.2) is 15.2 Å². The fraction of sp³-hybridized carbons (Fsp3) is 0.200. The first-order chi connectivity index (χ1) is 14.2. The van der Waals surface area contributed by atoms with E-state index in [1.54, 1.807) is 30.6 Å². The summed E-state index contributed by atoms with van der Waals surface area (Å²) in [6.07, 6.45) is 5.41. The quantitative estimate of drug-likeness (QED) is 0.466. The van der Waals surface area contributed by atoms with Gasteiger partial charge in [-0.1, -0.05) is 87.1 Å². The van der Waals surface area contributed by atoms with Gasteiger partial charge in [-0.3, -0.25) is 4.98 Å². The molecule has 0 spiro atoms. The van der Waals surface area contributed by atoms with E-state index in [0.717, 1.165) is 5.56 Å². The first-order valence-electron chi connectivity index (χ1n) is 9.59. The van der Waals surface area contributed by atoms with Gasteiger partial charge in [0.2, 0.25) is 0 Å². The second kappa shape index (κ2) is 8.82. The molecule has 1 atom stereocenters. The summed E-state index contributed by atoms with van der Waals surface area (Å²) in [6.45, 7) is 14.2. The maximum atomic E-state index is 11.2. The lowest BCUT2D eigenvalue weighted by Gasteiger charge is -2.19. The Hall–Kier alpha value is -2.95.